The fourth-order valence-electron chi connectivity index (χ4n) is 1.41. The molecule has 1 rings (SSSR count). The molecule has 20 heavy (non-hydrogen) atoms. The predicted molar refractivity (Wildman–Crippen MR) is 73.4 cm³/mol. The first-order chi connectivity index (χ1) is 9.31. The van der Waals surface area contributed by atoms with Gasteiger partial charge in [0, 0.05) is 20.0 Å². The molecule has 0 fully saturated rings. The zero-order valence-corrected chi connectivity index (χ0v) is 12.9. The number of nitrogens with zero attached hydrogens (tertiary/aromatic N) is 3. The van der Waals surface area contributed by atoms with Gasteiger partial charge in [-0.1, -0.05) is 18.2 Å². The molecule has 1 amide bonds. The molecule has 0 aliphatic carbocycles. The van der Waals surface area contributed by atoms with Crippen molar-refractivity contribution in [3.63, 3.8) is 0 Å². The second kappa shape index (κ2) is 7.52. The number of hydrogen-bond acceptors (Lipinski definition) is 4. The molecule has 1 aromatic heterocycles. The first-order valence-corrected chi connectivity index (χ1v) is 7.32. The van der Waals surface area contributed by atoms with Crippen LogP contribution in [0.25, 0.3) is 0 Å². The van der Waals surface area contributed by atoms with Gasteiger partial charge in [-0.25, -0.2) is 4.79 Å². The van der Waals surface area contributed by atoms with Gasteiger partial charge in [0.05, 0.1) is 0 Å². The maximum atomic E-state index is 11.8. The molecule has 0 radical (unpaired) electrons. The molecule has 0 atom stereocenters. The number of aryl methyl sites for hydroxylation is 1. The molecular weight excluding hydrogens is 282 g/mol. The lowest BCUT2D eigenvalue weighted by Crippen LogP contribution is -2.38. The van der Waals surface area contributed by atoms with Crippen LogP contribution in [0.2, 0.25) is 0 Å². The zero-order valence-electron chi connectivity index (χ0n) is 12.1. The minimum absolute atomic E-state index is 0.145. The zero-order chi connectivity index (χ0) is 15.9. The van der Waals surface area contributed by atoms with Crippen molar-refractivity contribution in [2.45, 2.75) is 25.8 Å². The number of carbonyl (C=O) groups is 1. The highest BCUT2D eigenvalue weighted by Crippen LogP contribution is 2.21. The van der Waals surface area contributed by atoms with E-state index in [0.29, 0.717) is 0 Å². The van der Waals surface area contributed by atoms with E-state index in [9.17, 15) is 18.0 Å². The van der Waals surface area contributed by atoms with Crippen LogP contribution in [0.15, 0.2) is 27.8 Å². The average molecular weight is 300 g/mol. The summed E-state index contributed by atoms with van der Waals surface area (Å²) in [5, 5.41) is -0.244. The Kier molecular flexibility index (Phi) is 6.75. The molecule has 0 aromatic carbocycles. The lowest BCUT2D eigenvalue weighted by molar-refractivity contribution is -0.708. The average Bonchev–Trinajstić information content (AvgIpc) is 2.39. The number of sulfonamides is 1. The molecule has 0 saturated carbocycles. The van der Waals surface area contributed by atoms with E-state index < -0.39 is 10.0 Å². The van der Waals surface area contributed by atoms with Gasteiger partial charge in [0.15, 0.2) is 6.20 Å². The molecule has 8 heteroatoms. The molecule has 1 aromatic rings. The highest BCUT2D eigenvalue weighted by Gasteiger charge is 2.31. The molecule has 0 saturated heterocycles. The summed E-state index contributed by atoms with van der Waals surface area (Å²) in [7, 11) is -1.27. The van der Waals surface area contributed by atoms with E-state index in [0.717, 1.165) is 11.0 Å². The summed E-state index contributed by atoms with van der Waals surface area (Å²) >= 11 is 0. The van der Waals surface area contributed by atoms with Gasteiger partial charge in [0.25, 0.3) is 6.08 Å². The minimum Gasteiger partial charge on any atom is -0.309 e. The van der Waals surface area contributed by atoms with Gasteiger partial charge in [0.2, 0.25) is 5.91 Å². The fraction of sp³-hybridized carbons (Fsp3) is 0.417. The smallest absolute Gasteiger partial charge is 0.309 e. The number of aromatic nitrogens is 1. The van der Waals surface area contributed by atoms with Gasteiger partial charge < -0.3 is 4.90 Å². The summed E-state index contributed by atoms with van der Waals surface area (Å²) in [6.07, 6.45) is 2.48. The number of pyridine rings is 1. The maximum absolute atomic E-state index is 11.8. The largest absolute Gasteiger partial charge is 0.355 e. The minimum atomic E-state index is -4.18. The van der Waals surface area contributed by atoms with Crippen molar-refractivity contribution in [1.29, 1.82) is 0 Å². The highest BCUT2D eigenvalue weighted by atomic mass is 32.2. The van der Waals surface area contributed by atoms with E-state index in [1.54, 1.807) is 6.07 Å². The fourth-order valence-corrected chi connectivity index (χ4v) is 2.49. The lowest BCUT2D eigenvalue weighted by Gasteiger charge is -2.15. The lowest BCUT2D eigenvalue weighted by atomic mass is 10.3. The monoisotopic (exact) mass is 300 g/mol. The summed E-state index contributed by atoms with van der Waals surface area (Å²) < 4.78 is 27.7. The van der Waals surface area contributed by atoms with Crippen molar-refractivity contribution in [3.05, 3.63) is 18.3 Å². The van der Waals surface area contributed by atoms with Crippen molar-refractivity contribution in [3.8, 4) is 0 Å². The molecule has 0 aliphatic rings. The number of carbonyl (C=O) groups excluding carboxylic acids is 2. The topological polar surface area (TPSA) is 87.8 Å². The van der Waals surface area contributed by atoms with E-state index in [4.69, 9.17) is 0 Å². The molecule has 7 nitrogen and oxygen atoms in total. The van der Waals surface area contributed by atoms with Crippen molar-refractivity contribution in [2.24, 2.45) is 11.4 Å². The number of rotatable bonds is 3. The molecule has 0 unspecified atom stereocenters. The van der Waals surface area contributed by atoms with Gasteiger partial charge >= 0.3 is 15.0 Å². The SMILES string of the molecule is CC.CC(=O)N(C)c1ccc[n+](C)c1S(=O)(=O)N=C=O. The Labute approximate surface area is 118 Å². The van der Waals surface area contributed by atoms with E-state index in [-0.39, 0.29) is 16.6 Å². The van der Waals surface area contributed by atoms with Crippen LogP contribution in [0, 0.1) is 0 Å². The van der Waals surface area contributed by atoms with Crippen LogP contribution in [-0.2, 0) is 26.7 Å². The molecular formula is C12H18N3O4S+. The van der Waals surface area contributed by atoms with E-state index in [2.05, 4.69) is 4.40 Å². The first-order valence-electron chi connectivity index (χ1n) is 5.88. The molecule has 0 spiro atoms. The van der Waals surface area contributed by atoms with E-state index in [1.165, 1.54) is 37.8 Å². The Morgan fingerprint density at radius 2 is 1.95 bits per heavy atom. The van der Waals surface area contributed by atoms with Crippen LogP contribution < -0.4 is 9.47 Å². The van der Waals surface area contributed by atoms with Crippen LogP contribution in [0.1, 0.15) is 20.8 Å². The first kappa shape index (κ1) is 17.9. The van der Waals surface area contributed by atoms with Gasteiger partial charge in [-0.05, 0) is 6.07 Å². The summed E-state index contributed by atoms with van der Waals surface area (Å²) in [4.78, 5) is 22.6. The summed E-state index contributed by atoms with van der Waals surface area (Å²) in [6.45, 7) is 5.30. The summed E-state index contributed by atoms with van der Waals surface area (Å²) in [6, 6.07) is 3.03. The number of hydrogen-bond donors (Lipinski definition) is 0. The Balaban J connectivity index is 0.00000172. The Hall–Kier alpha value is -2.05. The van der Waals surface area contributed by atoms with E-state index >= 15 is 0 Å². The second-order valence-corrected chi connectivity index (χ2v) is 5.06. The van der Waals surface area contributed by atoms with Gasteiger partial charge in [-0.2, -0.15) is 13.0 Å². The normalized spacial score (nSPS) is 9.85. The molecule has 1 heterocycles. The number of amides is 1. The molecule has 110 valence electrons. The summed E-state index contributed by atoms with van der Waals surface area (Å²) in [5.41, 5.74) is 0.145. The van der Waals surface area contributed by atoms with Crippen molar-refractivity contribution in [2.75, 3.05) is 11.9 Å². The quantitative estimate of drug-likeness (QED) is 0.463. The van der Waals surface area contributed by atoms with Gasteiger partial charge in [-0.15, -0.1) is 0 Å². The number of anilines is 1. The van der Waals surface area contributed by atoms with Gasteiger partial charge in [0.1, 0.15) is 12.7 Å². The van der Waals surface area contributed by atoms with Crippen LogP contribution in [0.5, 0.6) is 0 Å². The van der Waals surface area contributed by atoms with Crippen LogP contribution in [0.3, 0.4) is 0 Å². The molecule has 0 bridgehead atoms. The molecule has 0 N–H and O–H groups in total. The summed E-state index contributed by atoms with van der Waals surface area (Å²) in [5.74, 6) is -0.340. The van der Waals surface area contributed by atoms with Crippen molar-refractivity contribution in [1.82, 2.24) is 0 Å². The number of isocyanates is 1. The standard InChI is InChI=1S/C10H12N3O4S.C2H6/c1-8(15)13(3)9-5-4-6-12(2)10(9)18(16,17)11-7-14;1-2/h4-6H,1-3H3;1-2H3/q+1;. The molecule has 0 aliphatic heterocycles. The predicted octanol–water partition coefficient (Wildman–Crippen LogP) is 0.544. The maximum Gasteiger partial charge on any atom is 0.355 e. The van der Waals surface area contributed by atoms with Crippen LogP contribution in [-0.4, -0.2) is 27.5 Å². The third kappa shape index (κ3) is 3.97. The van der Waals surface area contributed by atoms with Crippen LogP contribution >= 0.6 is 0 Å². The van der Waals surface area contributed by atoms with E-state index in [1.807, 2.05) is 13.8 Å². The highest BCUT2D eigenvalue weighted by molar-refractivity contribution is 7.90. The van der Waals surface area contributed by atoms with Crippen molar-refractivity contribution < 1.29 is 22.6 Å². The Bertz CT molecular complexity index is 634. The van der Waals surface area contributed by atoms with Gasteiger partial charge in [-0.3, -0.25) is 4.79 Å². The van der Waals surface area contributed by atoms with Crippen molar-refractivity contribution >= 4 is 27.7 Å². The Morgan fingerprint density at radius 3 is 2.40 bits per heavy atom. The second-order valence-electron chi connectivity index (χ2n) is 3.55. The Morgan fingerprint density at radius 1 is 1.40 bits per heavy atom. The third-order valence-electron chi connectivity index (χ3n) is 2.34. The third-order valence-corrected chi connectivity index (χ3v) is 3.64. The van der Waals surface area contributed by atoms with Crippen LogP contribution in [0.4, 0.5) is 5.69 Å².